The number of rotatable bonds is 4. The van der Waals surface area contributed by atoms with Gasteiger partial charge in [-0.1, -0.05) is 12.1 Å². The summed E-state index contributed by atoms with van der Waals surface area (Å²) in [6.45, 7) is 7.82. The molecule has 15 heteroatoms. The number of ether oxygens (including phenoxy) is 2. The van der Waals surface area contributed by atoms with Crippen LogP contribution in [-0.4, -0.2) is 102 Å². The first-order valence-electron chi connectivity index (χ1n) is 11.6. The molecule has 1 spiro atoms. The van der Waals surface area contributed by atoms with Crippen LogP contribution in [0.1, 0.15) is 18.4 Å². The number of nitrogens with zero attached hydrogens (tertiary/aromatic N) is 2. The SMILES string of the molecule is Fc1cccc(CN2CCOC3(COCCN(CC4CC4)C3)C2)c1.O=C(O)C(F)(F)F.O=C(O)C(F)(F)F. The topological polar surface area (TPSA) is 99.5 Å². The highest BCUT2D eigenvalue weighted by atomic mass is 19.4. The summed E-state index contributed by atoms with van der Waals surface area (Å²) in [6, 6.07) is 6.91. The second-order valence-electron chi connectivity index (χ2n) is 9.21. The van der Waals surface area contributed by atoms with Crippen LogP contribution in [0.2, 0.25) is 0 Å². The minimum Gasteiger partial charge on any atom is -0.475 e. The molecule has 1 saturated carbocycles. The molecule has 2 N–H and O–H groups in total. The zero-order chi connectivity index (χ0) is 28.6. The van der Waals surface area contributed by atoms with E-state index in [1.54, 1.807) is 12.1 Å². The molecule has 1 unspecified atom stereocenters. The molecule has 4 rings (SSSR count). The van der Waals surface area contributed by atoms with Crippen molar-refractivity contribution in [3.05, 3.63) is 35.6 Å². The minimum atomic E-state index is -5.08. The molecule has 1 atom stereocenters. The third-order valence-corrected chi connectivity index (χ3v) is 5.75. The summed E-state index contributed by atoms with van der Waals surface area (Å²) in [5.74, 6) is -4.80. The van der Waals surface area contributed by atoms with E-state index in [4.69, 9.17) is 29.3 Å². The lowest BCUT2D eigenvalue weighted by molar-refractivity contribution is -0.193. The molecule has 3 aliphatic rings. The fraction of sp³-hybridized carbons (Fsp3) is 0.652. The summed E-state index contributed by atoms with van der Waals surface area (Å²) in [5.41, 5.74) is 0.785. The quantitative estimate of drug-likeness (QED) is 0.539. The van der Waals surface area contributed by atoms with E-state index < -0.39 is 24.3 Å². The van der Waals surface area contributed by atoms with E-state index in [1.165, 1.54) is 25.5 Å². The fourth-order valence-corrected chi connectivity index (χ4v) is 3.94. The monoisotopic (exact) mass is 562 g/mol. The van der Waals surface area contributed by atoms with Gasteiger partial charge in [0, 0.05) is 39.3 Å². The number of aliphatic carboxylic acids is 2. The Labute approximate surface area is 213 Å². The van der Waals surface area contributed by atoms with Crippen LogP contribution in [0.25, 0.3) is 0 Å². The third kappa shape index (κ3) is 11.5. The van der Waals surface area contributed by atoms with Crippen LogP contribution in [0.4, 0.5) is 30.7 Å². The average molecular weight is 562 g/mol. The number of hydrogen-bond donors (Lipinski definition) is 2. The van der Waals surface area contributed by atoms with Crippen LogP contribution < -0.4 is 0 Å². The standard InChI is InChI=1S/C19H27FN2O2.2C2HF3O2/c20-18-3-1-2-17(10-18)12-22-7-9-24-19(14-22)13-21(6-8-23-15-19)11-16-4-5-16;2*3-2(4,5)1(6)7/h1-3,10,16H,4-9,11-15H2;2*(H,6,7). The highest BCUT2D eigenvalue weighted by Crippen LogP contribution is 2.31. The number of alkyl halides is 6. The molecule has 0 amide bonds. The first kappa shape index (κ1) is 31.7. The summed E-state index contributed by atoms with van der Waals surface area (Å²) in [5, 5.41) is 14.2. The van der Waals surface area contributed by atoms with Gasteiger partial charge in [0.15, 0.2) is 0 Å². The van der Waals surface area contributed by atoms with Gasteiger partial charge in [-0.15, -0.1) is 0 Å². The molecule has 2 heterocycles. The largest absolute Gasteiger partial charge is 0.490 e. The lowest BCUT2D eigenvalue weighted by Crippen LogP contribution is -2.58. The third-order valence-electron chi connectivity index (χ3n) is 5.75. The maximum Gasteiger partial charge on any atom is 0.490 e. The van der Waals surface area contributed by atoms with Gasteiger partial charge in [-0.2, -0.15) is 26.3 Å². The van der Waals surface area contributed by atoms with Crippen molar-refractivity contribution in [1.82, 2.24) is 9.80 Å². The molecule has 2 saturated heterocycles. The van der Waals surface area contributed by atoms with Crippen LogP contribution in [0.15, 0.2) is 24.3 Å². The van der Waals surface area contributed by atoms with Crippen molar-refractivity contribution in [2.24, 2.45) is 5.92 Å². The van der Waals surface area contributed by atoms with Gasteiger partial charge >= 0.3 is 24.3 Å². The molecule has 216 valence electrons. The molecular formula is C23H29F7N2O6. The van der Waals surface area contributed by atoms with E-state index in [0.29, 0.717) is 6.61 Å². The van der Waals surface area contributed by atoms with Crippen molar-refractivity contribution in [2.75, 3.05) is 52.5 Å². The van der Waals surface area contributed by atoms with Crippen LogP contribution in [0.3, 0.4) is 0 Å². The highest BCUT2D eigenvalue weighted by Gasteiger charge is 2.41. The summed E-state index contributed by atoms with van der Waals surface area (Å²) < 4.78 is 89.0. The lowest BCUT2D eigenvalue weighted by Gasteiger charge is -2.43. The Kier molecular flexibility index (Phi) is 11.3. The minimum absolute atomic E-state index is 0.163. The fourth-order valence-electron chi connectivity index (χ4n) is 3.94. The lowest BCUT2D eigenvalue weighted by atomic mass is 10.0. The summed E-state index contributed by atoms with van der Waals surface area (Å²) >= 11 is 0. The number of halogens is 7. The molecule has 0 radical (unpaired) electrons. The van der Waals surface area contributed by atoms with Crippen molar-refractivity contribution in [3.8, 4) is 0 Å². The Morgan fingerprint density at radius 3 is 2.03 bits per heavy atom. The summed E-state index contributed by atoms with van der Waals surface area (Å²) in [4.78, 5) is 22.7. The van der Waals surface area contributed by atoms with Crippen LogP contribution in [0.5, 0.6) is 0 Å². The van der Waals surface area contributed by atoms with Gasteiger partial charge < -0.3 is 19.7 Å². The zero-order valence-electron chi connectivity index (χ0n) is 20.2. The van der Waals surface area contributed by atoms with Gasteiger partial charge in [0.25, 0.3) is 0 Å². The molecule has 0 aromatic heterocycles. The van der Waals surface area contributed by atoms with Gasteiger partial charge in [-0.25, -0.2) is 14.0 Å². The Balaban J connectivity index is 0.000000301. The Morgan fingerprint density at radius 2 is 1.50 bits per heavy atom. The van der Waals surface area contributed by atoms with E-state index in [-0.39, 0.29) is 11.4 Å². The molecule has 8 nitrogen and oxygen atoms in total. The molecular weight excluding hydrogens is 533 g/mol. The van der Waals surface area contributed by atoms with Crippen molar-refractivity contribution in [3.63, 3.8) is 0 Å². The van der Waals surface area contributed by atoms with Crippen molar-refractivity contribution < 1.29 is 60.0 Å². The number of morpholine rings is 1. The molecule has 1 aliphatic carbocycles. The van der Waals surface area contributed by atoms with Crippen LogP contribution >= 0.6 is 0 Å². The molecule has 3 fully saturated rings. The average Bonchev–Trinajstić information content (AvgIpc) is 3.62. The van der Waals surface area contributed by atoms with Gasteiger partial charge in [-0.3, -0.25) is 9.80 Å². The Bertz CT molecular complexity index is 902. The van der Waals surface area contributed by atoms with E-state index in [2.05, 4.69) is 9.80 Å². The molecule has 1 aromatic rings. The number of benzene rings is 1. The second kappa shape index (κ2) is 13.5. The van der Waals surface area contributed by atoms with Crippen LogP contribution in [0, 0.1) is 11.7 Å². The molecule has 0 bridgehead atoms. The molecule has 2 aliphatic heterocycles. The van der Waals surface area contributed by atoms with Crippen molar-refractivity contribution >= 4 is 11.9 Å². The first-order chi connectivity index (χ1) is 17.6. The van der Waals surface area contributed by atoms with E-state index >= 15 is 0 Å². The smallest absolute Gasteiger partial charge is 0.475 e. The predicted molar refractivity (Wildman–Crippen MR) is 118 cm³/mol. The van der Waals surface area contributed by atoms with E-state index in [0.717, 1.165) is 57.4 Å². The van der Waals surface area contributed by atoms with Gasteiger partial charge in [0.1, 0.15) is 11.4 Å². The normalized spacial score (nSPS) is 22.9. The zero-order valence-corrected chi connectivity index (χ0v) is 20.2. The first-order valence-corrected chi connectivity index (χ1v) is 11.6. The van der Waals surface area contributed by atoms with Gasteiger partial charge in [0.05, 0.1) is 19.8 Å². The number of carboxylic acid groups (broad SMARTS) is 2. The van der Waals surface area contributed by atoms with Crippen molar-refractivity contribution in [2.45, 2.75) is 37.3 Å². The number of carbonyl (C=O) groups is 2. The summed E-state index contributed by atoms with van der Waals surface area (Å²) in [6.07, 6.45) is -7.42. The van der Waals surface area contributed by atoms with E-state index in [9.17, 15) is 30.7 Å². The van der Waals surface area contributed by atoms with Gasteiger partial charge in [0.2, 0.25) is 0 Å². The predicted octanol–water partition coefficient (Wildman–Crippen LogP) is 3.41. The highest BCUT2D eigenvalue weighted by molar-refractivity contribution is 5.73. The second-order valence-corrected chi connectivity index (χ2v) is 9.21. The maximum atomic E-state index is 13.4. The molecule has 38 heavy (non-hydrogen) atoms. The Hall–Kier alpha value is -2.49. The van der Waals surface area contributed by atoms with E-state index in [1.807, 2.05) is 6.07 Å². The van der Waals surface area contributed by atoms with Crippen LogP contribution in [-0.2, 0) is 25.6 Å². The van der Waals surface area contributed by atoms with Crippen molar-refractivity contribution in [1.29, 1.82) is 0 Å². The van der Waals surface area contributed by atoms with Gasteiger partial charge in [-0.05, 0) is 36.5 Å². The Morgan fingerprint density at radius 1 is 0.947 bits per heavy atom. The summed E-state index contributed by atoms with van der Waals surface area (Å²) in [7, 11) is 0. The number of carboxylic acids is 2. The maximum absolute atomic E-state index is 13.4. The molecule has 1 aromatic carbocycles. The number of hydrogen-bond acceptors (Lipinski definition) is 6.